The maximum Gasteiger partial charge on any atom is 0.319 e. The van der Waals surface area contributed by atoms with Crippen LogP contribution in [-0.4, -0.2) is 150 Å². The maximum absolute atomic E-state index is 17.4. The number of fused-ring (bicyclic) bond motifs is 3. The minimum absolute atomic E-state index is 0.00823. The fourth-order valence-corrected chi connectivity index (χ4v) is 13.1. The van der Waals surface area contributed by atoms with Crippen molar-refractivity contribution >= 4 is 50.9 Å². The summed E-state index contributed by atoms with van der Waals surface area (Å²) in [5.74, 6) is -0.988. The van der Waals surface area contributed by atoms with Gasteiger partial charge in [-0.2, -0.15) is 9.97 Å². The molecule has 3 amide bonds. The van der Waals surface area contributed by atoms with Crippen molar-refractivity contribution in [2.24, 2.45) is 10.8 Å². The SMILES string of the molecule is CCc1c(F)ccc2cc(OCOC)cc(-c3ncc4c(N5CCC[C@@](C)(O)C5)nc(OCC5(CN6CCC7(CC6)CCN(C6CN(c8ccc9c(c8)CN(C8CCC(=O)NC8=O)C9=O)C6)CC7)CC5)nc4c3F)c12. The number of halogens is 2. The number of hydrogen-bond acceptors (Lipinski definition) is 14. The van der Waals surface area contributed by atoms with E-state index in [-0.39, 0.29) is 59.4 Å². The van der Waals surface area contributed by atoms with E-state index in [0.717, 1.165) is 76.3 Å². The highest BCUT2D eigenvalue weighted by atomic mass is 19.1. The van der Waals surface area contributed by atoms with E-state index in [0.29, 0.717) is 101 Å². The third kappa shape index (κ3) is 9.54. The second kappa shape index (κ2) is 19.5. The molecule has 2 atom stereocenters. The lowest BCUT2D eigenvalue weighted by Gasteiger charge is -2.52. The van der Waals surface area contributed by atoms with Crippen molar-refractivity contribution in [1.82, 2.24) is 35.0 Å². The highest BCUT2D eigenvalue weighted by Crippen LogP contribution is 2.49. The molecule has 8 heterocycles. The molecule has 18 heteroatoms. The van der Waals surface area contributed by atoms with Crippen LogP contribution in [0.4, 0.5) is 20.3 Å². The number of imide groups is 1. The first kappa shape index (κ1) is 49.8. The zero-order valence-corrected chi connectivity index (χ0v) is 43.3. The lowest BCUT2D eigenvalue weighted by molar-refractivity contribution is -0.136. The van der Waals surface area contributed by atoms with E-state index in [9.17, 15) is 19.5 Å². The number of benzene rings is 3. The Balaban J connectivity index is 0.689. The van der Waals surface area contributed by atoms with E-state index in [2.05, 4.69) is 26.1 Å². The number of aliphatic hydroxyl groups is 1. The highest BCUT2D eigenvalue weighted by Gasteiger charge is 2.48. The van der Waals surface area contributed by atoms with E-state index in [1.165, 1.54) is 38.9 Å². The summed E-state index contributed by atoms with van der Waals surface area (Å²) in [4.78, 5) is 63.2. The molecule has 7 aliphatic rings. The Morgan fingerprint density at radius 2 is 1.67 bits per heavy atom. The Labute approximate surface area is 435 Å². The van der Waals surface area contributed by atoms with Crippen LogP contribution in [0.2, 0.25) is 0 Å². The molecule has 16 nitrogen and oxygen atoms in total. The van der Waals surface area contributed by atoms with Crippen LogP contribution >= 0.6 is 0 Å². The second-order valence-electron chi connectivity index (χ2n) is 22.9. The zero-order chi connectivity index (χ0) is 51.8. The summed E-state index contributed by atoms with van der Waals surface area (Å²) in [6, 6.07) is 12.5. The highest BCUT2D eigenvalue weighted by molar-refractivity contribution is 6.06. The van der Waals surface area contributed by atoms with Gasteiger partial charge in [0, 0.05) is 87.3 Å². The predicted octanol–water partition coefficient (Wildman–Crippen LogP) is 7.01. The van der Waals surface area contributed by atoms with Gasteiger partial charge < -0.3 is 38.9 Å². The van der Waals surface area contributed by atoms with Crippen LogP contribution in [0, 0.1) is 22.5 Å². The van der Waals surface area contributed by atoms with Gasteiger partial charge in [0.25, 0.3) is 5.91 Å². The summed E-state index contributed by atoms with van der Waals surface area (Å²) >= 11 is 0. The molecule has 0 bridgehead atoms. The van der Waals surface area contributed by atoms with Crippen LogP contribution in [0.3, 0.4) is 0 Å². The summed E-state index contributed by atoms with van der Waals surface area (Å²) in [5.41, 5.74) is 2.91. The fourth-order valence-electron chi connectivity index (χ4n) is 13.1. The van der Waals surface area contributed by atoms with Gasteiger partial charge in [0.05, 0.1) is 17.6 Å². The number of amides is 3. The van der Waals surface area contributed by atoms with Crippen molar-refractivity contribution in [3.05, 3.63) is 77.0 Å². The van der Waals surface area contributed by atoms with Gasteiger partial charge in [0.1, 0.15) is 34.6 Å². The van der Waals surface area contributed by atoms with Gasteiger partial charge in [-0.3, -0.25) is 29.6 Å². The summed E-state index contributed by atoms with van der Waals surface area (Å²) in [7, 11) is 1.52. The van der Waals surface area contributed by atoms with E-state index in [1.54, 1.807) is 29.3 Å². The van der Waals surface area contributed by atoms with Gasteiger partial charge in [0.2, 0.25) is 11.8 Å². The Morgan fingerprint density at radius 3 is 2.40 bits per heavy atom. The van der Waals surface area contributed by atoms with Gasteiger partial charge in [-0.15, -0.1) is 0 Å². The molecule has 5 aromatic rings. The lowest BCUT2D eigenvalue weighted by Crippen LogP contribution is -2.62. The number of aromatic nitrogens is 3. The number of ether oxygens (including phenoxy) is 3. The first-order valence-electron chi connectivity index (χ1n) is 27.0. The van der Waals surface area contributed by atoms with Crippen molar-refractivity contribution in [1.29, 1.82) is 0 Å². The standard InChI is InChI=1S/C57H67F2N9O7/c1-4-40-44(58)9-6-35-25-39(75-34-73-3)26-42(47(35)40)49-48(59)50-43(27-60-49)51(66-19-5-12-55(2,72)31-66)63-54(62-50)74-33-57(13-14-57)32-64-20-15-56(16-21-64)17-22-65(23-18-56)38-29-67(30-38)37-7-8-41-36(24-37)28-68(53(41)71)45-10-11-46(69)61-52(45)70/h6-9,24-27,38,45,72H,4-5,10-23,28-34H2,1-3H3,(H,61,69,70)/t45?,55-/m1/s1. The molecule has 1 unspecified atom stereocenters. The van der Waals surface area contributed by atoms with Crippen LogP contribution < -0.4 is 24.6 Å². The maximum atomic E-state index is 17.4. The molecule has 1 aliphatic carbocycles. The average Bonchev–Trinajstić information content (AvgIpc) is 4.08. The molecule has 0 radical (unpaired) electrons. The molecule has 1 saturated carbocycles. The molecule has 3 aromatic carbocycles. The zero-order valence-electron chi connectivity index (χ0n) is 43.3. The van der Waals surface area contributed by atoms with Crippen LogP contribution in [0.1, 0.15) is 99.5 Å². The number of anilines is 2. The number of pyridine rings is 1. The minimum atomic E-state index is -0.963. The van der Waals surface area contributed by atoms with Crippen molar-refractivity contribution in [2.45, 2.75) is 109 Å². The molecule has 6 aliphatic heterocycles. The first-order chi connectivity index (χ1) is 36.2. The number of aryl methyl sites for hydroxylation is 1. The van der Waals surface area contributed by atoms with E-state index in [1.807, 2.05) is 30.9 Å². The topological polar surface area (TPSA) is 166 Å². The summed E-state index contributed by atoms with van der Waals surface area (Å²) < 4.78 is 50.4. The molecule has 2 aromatic heterocycles. The van der Waals surface area contributed by atoms with Crippen LogP contribution in [0.25, 0.3) is 32.9 Å². The number of β-amino-alcohol motifs (C(OH)–C–C–N with tert-alkyl or cyclic N) is 1. The molecule has 1 spiro atoms. The third-order valence-electron chi connectivity index (χ3n) is 17.8. The number of hydrogen-bond donors (Lipinski definition) is 2. The average molecular weight is 1030 g/mol. The smallest absolute Gasteiger partial charge is 0.319 e. The van der Waals surface area contributed by atoms with Crippen LogP contribution in [-0.2, 0) is 27.3 Å². The van der Waals surface area contributed by atoms with Crippen molar-refractivity contribution in [3.63, 3.8) is 0 Å². The number of carbonyl (C=O) groups excluding carboxylic acids is 3. The Morgan fingerprint density at radius 1 is 0.880 bits per heavy atom. The molecule has 6 fully saturated rings. The van der Waals surface area contributed by atoms with Gasteiger partial charge >= 0.3 is 6.01 Å². The first-order valence-corrected chi connectivity index (χ1v) is 27.0. The van der Waals surface area contributed by atoms with Gasteiger partial charge in [-0.05, 0) is 161 Å². The second-order valence-corrected chi connectivity index (χ2v) is 22.9. The molecule has 5 saturated heterocycles. The normalized spacial score (nSPS) is 24.0. The third-order valence-corrected chi connectivity index (χ3v) is 17.8. The van der Waals surface area contributed by atoms with Crippen molar-refractivity contribution in [3.8, 4) is 23.0 Å². The largest absolute Gasteiger partial charge is 0.468 e. The predicted molar refractivity (Wildman–Crippen MR) is 279 cm³/mol. The molecule has 396 valence electrons. The van der Waals surface area contributed by atoms with E-state index in [4.69, 9.17) is 29.2 Å². The summed E-state index contributed by atoms with van der Waals surface area (Å²) in [6.45, 7) is 12.5. The van der Waals surface area contributed by atoms with Gasteiger partial charge in [0.15, 0.2) is 12.6 Å². The Bertz CT molecular complexity index is 3070. The summed E-state index contributed by atoms with van der Waals surface area (Å²) in [6.07, 6.45) is 10.7. The van der Waals surface area contributed by atoms with Gasteiger partial charge in [-0.25, -0.2) is 8.78 Å². The lowest BCUT2D eigenvalue weighted by atomic mass is 9.70. The molecule has 75 heavy (non-hydrogen) atoms. The fraction of sp³-hybridized carbons (Fsp3) is 0.544. The number of rotatable bonds is 14. The van der Waals surface area contributed by atoms with Crippen molar-refractivity contribution < 1.29 is 42.5 Å². The van der Waals surface area contributed by atoms with Crippen LogP contribution in [0.5, 0.6) is 11.8 Å². The molecule has 12 rings (SSSR count). The number of piperidine rings is 4. The number of likely N-dealkylation sites (tertiary alicyclic amines) is 2. The van der Waals surface area contributed by atoms with E-state index >= 15 is 8.78 Å². The number of nitrogens with zero attached hydrogens (tertiary/aromatic N) is 8. The monoisotopic (exact) mass is 1030 g/mol. The molecular weight excluding hydrogens is 961 g/mol. The van der Waals surface area contributed by atoms with Crippen molar-refractivity contribution in [2.75, 3.05) is 89.2 Å². The quantitative estimate of drug-likeness (QED) is 0.0862. The Hall–Kier alpha value is -6.08. The van der Waals surface area contributed by atoms with Gasteiger partial charge in [-0.1, -0.05) is 13.0 Å². The number of carbonyl (C=O) groups is 3. The van der Waals surface area contributed by atoms with E-state index < -0.39 is 17.5 Å². The summed E-state index contributed by atoms with van der Waals surface area (Å²) in [5, 5.41) is 15.2. The number of methoxy groups -OCH3 is 1. The number of nitrogens with one attached hydrogen (secondary N) is 1. The minimum Gasteiger partial charge on any atom is -0.468 e. The molecular formula is C57H67F2N9O7. The Kier molecular flexibility index (Phi) is 12.9. The molecule has 2 N–H and O–H groups in total. The van der Waals surface area contributed by atoms with Crippen LogP contribution in [0.15, 0.2) is 48.7 Å².